The molecule has 132 valence electrons. The molecule has 0 N–H and O–H groups in total. The summed E-state index contributed by atoms with van der Waals surface area (Å²) in [6.07, 6.45) is 3.91. The van der Waals surface area contributed by atoms with Gasteiger partial charge in [-0.3, -0.25) is 4.79 Å². The highest BCUT2D eigenvalue weighted by Gasteiger charge is 2.26. The van der Waals surface area contributed by atoms with E-state index in [0.717, 1.165) is 38.8 Å². The van der Waals surface area contributed by atoms with E-state index in [9.17, 15) is 13.2 Å². The Balaban J connectivity index is 1.70. The molecule has 2 heterocycles. The first-order valence-corrected chi connectivity index (χ1v) is 9.90. The van der Waals surface area contributed by atoms with Crippen LogP contribution < -0.4 is 0 Å². The van der Waals surface area contributed by atoms with Crippen LogP contribution in [0.1, 0.15) is 36.0 Å². The molecule has 3 rings (SSSR count). The molecule has 0 spiro atoms. The van der Waals surface area contributed by atoms with E-state index >= 15 is 0 Å². The normalized spacial score (nSPS) is 21.6. The van der Waals surface area contributed by atoms with E-state index < -0.39 is 10.0 Å². The molecule has 24 heavy (non-hydrogen) atoms. The minimum absolute atomic E-state index is 0.0239. The first kappa shape index (κ1) is 17.4. The summed E-state index contributed by atoms with van der Waals surface area (Å²) < 4.78 is 32.1. The number of ether oxygens (including phenoxy) is 1. The summed E-state index contributed by atoms with van der Waals surface area (Å²) in [7, 11) is -1.99. The van der Waals surface area contributed by atoms with Crippen LogP contribution in [0.2, 0.25) is 0 Å². The number of sulfonamides is 1. The minimum atomic E-state index is -3.56. The predicted octanol–water partition coefficient (Wildman–Crippen LogP) is 1.72. The van der Waals surface area contributed by atoms with Gasteiger partial charge in [-0.1, -0.05) is 0 Å². The van der Waals surface area contributed by atoms with Crippen molar-refractivity contribution in [3.63, 3.8) is 0 Å². The van der Waals surface area contributed by atoms with Crippen LogP contribution in [0.15, 0.2) is 29.2 Å². The van der Waals surface area contributed by atoms with E-state index in [2.05, 4.69) is 0 Å². The van der Waals surface area contributed by atoms with E-state index in [1.54, 1.807) is 19.2 Å². The molecule has 0 saturated carbocycles. The third-order valence-corrected chi connectivity index (χ3v) is 6.53. The molecule has 1 atom stereocenters. The molecule has 0 unspecified atom stereocenters. The van der Waals surface area contributed by atoms with E-state index in [4.69, 9.17) is 4.74 Å². The Hall–Kier alpha value is -1.44. The number of hydrogen-bond acceptors (Lipinski definition) is 4. The molecule has 1 aromatic rings. The van der Waals surface area contributed by atoms with E-state index in [1.807, 2.05) is 4.90 Å². The minimum Gasteiger partial charge on any atom is -0.377 e. The number of amides is 1. The standard InChI is InChI=1S/C17H24N2O4S/c1-18(13-15-5-4-12-23-15)24(21,22)16-8-6-14(7-9-16)17(20)19-10-2-3-11-19/h6-9,15H,2-5,10-13H2,1H3/t15-/m1/s1. The van der Waals surface area contributed by atoms with Gasteiger partial charge in [0.2, 0.25) is 10.0 Å². The van der Waals surface area contributed by atoms with Gasteiger partial charge in [-0.15, -0.1) is 0 Å². The van der Waals surface area contributed by atoms with Crippen LogP contribution >= 0.6 is 0 Å². The van der Waals surface area contributed by atoms with E-state index in [1.165, 1.54) is 16.4 Å². The second-order valence-electron chi connectivity index (χ2n) is 6.44. The Labute approximate surface area is 143 Å². The molecular weight excluding hydrogens is 328 g/mol. The predicted molar refractivity (Wildman–Crippen MR) is 90.4 cm³/mol. The van der Waals surface area contributed by atoms with Crippen molar-refractivity contribution in [2.45, 2.75) is 36.7 Å². The fraction of sp³-hybridized carbons (Fsp3) is 0.588. The number of benzene rings is 1. The lowest BCUT2D eigenvalue weighted by atomic mass is 10.2. The molecule has 2 saturated heterocycles. The molecule has 1 amide bonds. The smallest absolute Gasteiger partial charge is 0.253 e. The van der Waals surface area contributed by atoms with Crippen LogP contribution in [0.4, 0.5) is 0 Å². The molecule has 6 nitrogen and oxygen atoms in total. The van der Waals surface area contributed by atoms with Gasteiger partial charge in [-0.05, 0) is 49.9 Å². The summed E-state index contributed by atoms with van der Waals surface area (Å²) in [6, 6.07) is 6.25. The maximum absolute atomic E-state index is 12.6. The van der Waals surface area contributed by atoms with Gasteiger partial charge < -0.3 is 9.64 Å². The maximum atomic E-state index is 12.6. The van der Waals surface area contributed by atoms with E-state index in [0.29, 0.717) is 18.7 Å². The second-order valence-corrected chi connectivity index (χ2v) is 8.49. The lowest BCUT2D eigenvalue weighted by molar-refractivity contribution is 0.0792. The number of hydrogen-bond donors (Lipinski definition) is 0. The van der Waals surface area contributed by atoms with Crippen molar-refractivity contribution in [1.82, 2.24) is 9.21 Å². The SMILES string of the molecule is CN(C[C@H]1CCCO1)S(=O)(=O)c1ccc(C(=O)N2CCCC2)cc1. The van der Waals surface area contributed by atoms with Crippen molar-refractivity contribution in [2.75, 3.05) is 33.3 Å². The summed E-state index contributed by atoms with van der Waals surface area (Å²) in [6.45, 7) is 2.62. The second kappa shape index (κ2) is 7.21. The van der Waals surface area contributed by atoms with Gasteiger partial charge in [0, 0.05) is 38.9 Å². The van der Waals surface area contributed by atoms with Crippen molar-refractivity contribution < 1.29 is 17.9 Å². The molecule has 2 aliphatic rings. The molecule has 0 bridgehead atoms. The fourth-order valence-electron chi connectivity index (χ4n) is 3.23. The number of rotatable bonds is 5. The van der Waals surface area contributed by atoms with Crippen LogP contribution in [-0.4, -0.2) is 62.9 Å². The van der Waals surface area contributed by atoms with Crippen LogP contribution in [0.3, 0.4) is 0 Å². The first-order chi connectivity index (χ1) is 11.5. The highest BCUT2D eigenvalue weighted by Crippen LogP contribution is 2.20. The Morgan fingerprint density at radius 1 is 1.21 bits per heavy atom. The average Bonchev–Trinajstić information content (AvgIpc) is 3.28. The van der Waals surface area contributed by atoms with Gasteiger partial charge in [0.15, 0.2) is 0 Å². The highest BCUT2D eigenvalue weighted by molar-refractivity contribution is 7.89. The average molecular weight is 352 g/mol. The topological polar surface area (TPSA) is 66.9 Å². The fourth-order valence-corrected chi connectivity index (χ4v) is 4.43. The largest absolute Gasteiger partial charge is 0.377 e. The van der Waals surface area contributed by atoms with Crippen LogP contribution in [0.25, 0.3) is 0 Å². The third-order valence-electron chi connectivity index (χ3n) is 4.69. The Kier molecular flexibility index (Phi) is 5.22. The quantitative estimate of drug-likeness (QED) is 0.809. The summed E-state index contributed by atoms with van der Waals surface area (Å²) in [5.74, 6) is -0.0239. The van der Waals surface area contributed by atoms with Crippen molar-refractivity contribution in [2.24, 2.45) is 0 Å². The summed E-state index contributed by atoms with van der Waals surface area (Å²) in [4.78, 5) is 14.3. The van der Waals surface area contributed by atoms with Crippen molar-refractivity contribution in [3.05, 3.63) is 29.8 Å². The molecule has 0 aromatic heterocycles. The van der Waals surface area contributed by atoms with Crippen molar-refractivity contribution in [3.8, 4) is 0 Å². The molecular formula is C17H24N2O4S. The number of carbonyl (C=O) groups excluding carboxylic acids is 1. The van der Waals surface area contributed by atoms with Crippen molar-refractivity contribution >= 4 is 15.9 Å². The molecule has 2 fully saturated rings. The van der Waals surface area contributed by atoms with Crippen LogP contribution in [0, 0.1) is 0 Å². The molecule has 7 heteroatoms. The number of likely N-dealkylation sites (tertiary alicyclic amines) is 1. The van der Waals surface area contributed by atoms with Gasteiger partial charge in [-0.25, -0.2) is 8.42 Å². The number of carbonyl (C=O) groups is 1. The molecule has 2 aliphatic heterocycles. The van der Waals surface area contributed by atoms with E-state index in [-0.39, 0.29) is 16.9 Å². The van der Waals surface area contributed by atoms with Crippen LogP contribution in [-0.2, 0) is 14.8 Å². The zero-order valence-electron chi connectivity index (χ0n) is 14.0. The van der Waals surface area contributed by atoms with Gasteiger partial charge in [-0.2, -0.15) is 4.31 Å². The Morgan fingerprint density at radius 2 is 1.88 bits per heavy atom. The Morgan fingerprint density at radius 3 is 2.46 bits per heavy atom. The van der Waals surface area contributed by atoms with Gasteiger partial charge in [0.05, 0.1) is 11.0 Å². The maximum Gasteiger partial charge on any atom is 0.253 e. The lowest BCUT2D eigenvalue weighted by Gasteiger charge is -2.21. The summed E-state index contributed by atoms with van der Waals surface area (Å²) in [5.41, 5.74) is 0.539. The van der Waals surface area contributed by atoms with Gasteiger partial charge in [0.1, 0.15) is 0 Å². The molecule has 0 aliphatic carbocycles. The first-order valence-electron chi connectivity index (χ1n) is 8.46. The highest BCUT2D eigenvalue weighted by atomic mass is 32.2. The summed E-state index contributed by atoms with van der Waals surface area (Å²) >= 11 is 0. The zero-order chi connectivity index (χ0) is 17.2. The zero-order valence-corrected chi connectivity index (χ0v) is 14.8. The molecule has 0 radical (unpaired) electrons. The third kappa shape index (κ3) is 3.63. The number of likely N-dealkylation sites (N-methyl/N-ethyl adjacent to an activating group) is 1. The van der Waals surface area contributed by atoms with Crippen molar-refractivity contribution in [1.29, 1.82) is 0 Å². The van der Waals surface area contributed by atoms with Gasteiger partial charge >= 0.3 is 0 Å². The van der Waals surface area contributed by atoms with Crippen LogP contribution in [0.5, 0.6) is 0 Å². The Bertz CT molecular complexity index is 675. The molecule has 1 aromatic carbocycles. The van der Waals surface area contributed by atoms with Gasteiger partial charge in [0.25, 0.3) is 5.91 Å². The number of nitrogens with zero attached hydrogens (tertiary/aromatic N) is 2. The lowest BCUT2D eigenvalue weighted by Crippen LogP contribution is -2.34. The summed E-state index contributed by atoms with van der Waals surface area (Å²) in [5, 5.41) is 0. The monoisotopic (exact) mass is 352 g/mol.